The van der Waals surface area contributed by atoms with Crippen molar-refractivity contribution in [2.24, 2.45) is 0 Å². The molecule has 1 saturated heterocycles. The summed E-state index contributed by atoms with van der Waals surface area (Å²) in [6.45, 7) is 11.0. The minimum Gasteiger partial charge on any atom is -0.495 e. The molecule has 2 aromatic heterocycles. The molecule has 0 spiro atoms. The van der Waals surface area contributed by atoms with Crippen LogP contribution in [0.3, 0.4) is 0 Å². The number of likely N-dealkylation sites (N-methyl/N-ethyl adjacent to an activating group) is 1. The Balaban J connectivity index is 1.23. The molecular weight excluding hydrogens is 599 g/mol. The summed E-state index contributed by atoms with van der Waals surface area (Å²) in [5, 5.41) is 15.6. The molecule has 0 aliphatic carbocycles. The van der Waals surface area contributed by atoms with E-state index in [-0.39, 0.29) is 35.0 Å². The van der Waals surface area contributed by atoms with Crippen molar-refractivity contribution < 1.29 is 13.9 Å². The number of amides is 1. The summed E-state index contributed by atoms with van der Waals surface area (Å²) in [4.78, 5) is 33.7. The molecule has 47 heavy (non-hydrogen) atoms. The number of halogens is 1. The van der Waals surface area contributed by atoms with Crippen LogP contribution in [0.4, 0.5) is 27.5 Å². The van der Waals surface area contributed by atoms with E-state index in [1.807, 2.05) is 22.8 Å². The van der Waals surface area contributed by atoms with Crippen molar-refractivity contribution in [3.8, 4) is 17.5 Å². The summed E-state index contributed by atoms with van der Waals surface area (Å²) >= 11 is 0. The largest absolute Gasteiger partial charge is 0.495 e. The first-order chi connectivity index (χ1) is 22.7. The van der Waals surface area contributed by atoms with Gasteiger partial charge in [0.1, 0.15) is 29.7 Å². The summed E-state index contributed by atoms with van der Waals surface area (Å²) in [5.74, 6) is -0.173. The lowest BCUT2D eigenvalue weighted by atomic mass is 10.0. The fourth-order valence-corrected chi connectivity index (χ4v) is 6.34. The van der Waals surface area contributed by atoms with E-state index in [9.17, 15) is 10.1 Å². The fourth-order valence-electron chi connectivity index (χ4n) is 6.34. The number of carbonyl (C=O) groups is 1. The minimum absolute atomic E-state index is 0.0499. The van der Waals surface area contributed by atoms with E-state index in [0.29, 0.717) is 22.9 Å². The van der Waals surface area contributed by atoms with Crippen LogP contribution in [-0.4, -0.2) is 81.6 Å². The number of ether oxygens (including phenoxy) is 1. The molecule has 0 radical (unpaired) electrons. The highest BCUT2D eigenvalue weighted by atomic mass is 19.1. The Morgan fingerprint density at radius 1 is 1.17 bits per heavy atom. The van der Waals surface area contributed by atoms with Crippen LogP contribution in [0, 0.1) is 17.1 Å². The number of anilines is 4. The SMILES string of the molecule is CC[C@@H]1c2c(C#N)ncn2-c2cnc(Nc3cc(F)c(C(=O)Nc4cccc(CN5CCN(C)CC5)c4)cc3OC)nc2N1C(C)C. The Bertz CT molecular complexity index is 1830. The number of hydrogen-bond acceptors (Lipinski definition) is 10. The van der Waals surface area contributed by atoms with Gasteiger partial charge in [-0.25, -0.2) is 14.4 Å². The molecule has 12 nitrogen and oxygen atoms in total. The number of imidazole rings is 1. The molecule has 4 heterocycles. The number of piperazine rings is 1. The molecule has 2 aliphatic rings. The van der Waals surface area contributed by atoms with Crippen molar-refractivity contribution in [2.45, 2.75) is 45.8 Å². The number of nitrogens with zero attached hydrogens (tertiary/aromatic N) is 8. The van der Waals surface area contributed by atoms with Crippen LogP contribution in [0.15, 0.2) is 48.9 Å². The van der Waals surface area contributed by atoms with Crippen molar-refractivity contribution in [2.75, 3.05) is 55.9 Å². The van der Waals surface area contributed by atoms with E-state index < -0.39 is 11.7 Å². The predicted molar refractivity (Wildman–Crippen MR) is 178 cm³/mol. The van der Waals surface area contributed by atoms with Crippen LogP contribution in [0.5, 0.6) is 5.75 Å². The molecule has 1 atom stereocenters. The maximum Gasteiger partial charge on any atom is 0.258 e. The number of nitrogens with one attached hydrogen (secondary N) is 2. The zero-order chi connectivity index (χ0) is 33.2. The van der Waals surface area contributed by atoms with Gasteiger partial charge in [-0.1, -0.05) is 19.1 Å². The number of carbonyl (C=O) groups excluding carboxylic acids is 1. The van der Waals surface area contributed by atoms with Gasteiger partial charge < -0.3 is 25.2 Å². The zero-order valence-corrected chi connectivity index (χ0v) is 27.3. The van der Waals surface area contributed by atoms with Crippen molar-refractivity contribution in [1.29, 1.82) is 5.26 Å². The second-order valence-electron chi connectivity index (χ2n) is 12.2. The summed E-state index contributed by atoms with van der Waals surface area (Å²) in [6.07, 6.45) is 4.00. The first-order valence-corrected chi connectivity index (χ1v) is 15.8. The molecule has 0 bridgehead atoms. The van der Waals surface area contributed by atoms with Crippen LogP contribution in [0.1, 0.15) is 60.5 Å². The normalized spacial score (nSPS) is 16.4. The summed E-state index contributed by atoms with van der Waals surface area (Å²) in [7, 11) is 3.58. The third kappa shape index (κ3) is 6.34. The number of methoxy groups -OCH3 is 1. The monoisotopic (exact) mass is 638 g/mol. The van der Waals surface area contributed by atoms with Crippen molar-refractivity contribution in [1.82, 2.24) is 29.3 Å². The van der Waals surface area contributed by atoms with Crippen LogP contribution in [0.25, 0.3) is 5.69 Å². The van der Waals surface area contributed by atoms with Crippen LogP contribution >= 0.6 is 0 Å². The second-order valence-corrected chi connectivity index (χ2v) is 12.2. The number of rotatable bonds is 9. The lowest BCUT2D eigenvalue weighted by Crippen LogP contribution is -2.43. The van der Waals surface area contributed by atoms with E-state index in [1.54, 1.807) is 18.6 Å². The number of benzene rings is 2. The molecule has 1 fully saturated rings. The first kappa shape index (κ1) is 31.9. The van der Waals surface area contributed by atoms with Crippen molar-refractivity contribution in [3.63, 3.8) is 0 Å². The topological polar surface area (TPSA) is 127 Å². The van der Waals surface area contributed by atoms with Gasteiger partial charge in [0.05, 0.1) is 36.3 Å². The van der Waals surface area contributed by atoms with E-state index in [2.05, 4.69) is 69.2 Å². The van der Waals surface area contributed by atoms with Gasteiger partial charge in [0.25, 0.3) is 5.91 Å². The number of hydrogen-bond donors (Lipinski definition) is 2. The van der Waals surface area contributed by atoms with E-state index in [1.165, 1.54) is 19.2 Å². The molecule has 4 aromatic rings. The van der Waals surface area contributed by atoms with Crippen LogP contribution < -0.4 is 20.3 Å². The highest BCUT2D eigenvalue weighted by Gasteiger charge is 2.36. The summed E-state index contributed by atoms with van der Waals surface area (Å²) in [5.41, 5.74) is 3.65. The molecule has 0 saturated carbocycles. The highest BCUT2D eigenvalue weighted by Crippen LogP contribution is 2.42. The van der Waals surface area contributed by atoms with Gasteiger partial charge in [-0.05, 0) is 51.1 Å². The molecule has 6 rings (SSSR count). The zero-order valence-electron chi connectivity index (χ0n) is 27.3. The molecule has 13 heteroatoms. The van der Waals surface area contributed by atoms with Gasteiger partial charge in [0.2, 0.25) is 5.95 Å². The molecule has 244 valence electrons. The van der Waals surface area contributed by atoms with Crippen LogP contribution in [-0.2, 0) is 6.54 Å². The third-order valence-corrected chi connectivity index (χ3v) is 8.73. The van der Waals surface area contributed by atoms with Gasteiger partial charge >= 0.3 is 0 Å². The lowest BCUT2D eigenvalue weighted by Gasteiger charge is -2.40. The molecule has 2 aliphatic heterocycles. The first-order valence-electron chi connectivity index (χ1n) is 15.8. The summed E-state index contributed by atoms with van der Waals surface area (Å²) in [6, 6.07) is 12.3. The lowest BCUT2D eigenvalue weighted by molar-refractivity contribution is 0.102. The predicted octanol–water partition coefficient (Wildman–Crippen LogP) is 5.10. The standard InChI is InChI=1S/C34H39FN10O2/c1-6-28-31-27(17-36)38-20-44(31)29-18-37-34(41-32(29)45(28)21(2)3)40-26-16-25(35)24(15-30(26)47-5)33(46)39-23-9-7-8-22(14-23)19-43-12-10-42(4)11-13-43/h7-9,14-16,18,20-21,28H,6,10-13,19H2,1-5H3,(H,39,46)(H,37,40,41)/t28-/m1/s1. The molecule has 2 aromatic carbocycles. The van der Waals surface area contributed by atoms with Gasteiger partial charge in [-0.3, -0.25) is 14.3 Å². The maximum absolute atomic E-state index is 15.5. The smallest absolute Gasteiger partial charge is 0.258 e. The van der Waals surface area contributed by atoms with E-state index in [4.69, 9.17) is 9.72 Å². The average Bonchev–Trinajstić information content (AvgIpc) is 3.49. The van der Waals surface area contributed by atoms with Crippen LogP contribution in [0.2, 0.25) is 0 Å². The number of nitriles is 1. The summed E-state index contributed by atoms with van der Waals surface area (Å²) < 4.78 is 23.0. The minimum atomic E-state index is -0.723. The Kier molecular flexibility index (Phi) is 9.06. The molecular formula is C34H39FN10O2. The fraction of sp³-hybridized carbons (Fsp3) is 0.382. The Hall–Kier alpha value is -5.06. The van der Waals surface area contributed by atoms with Crippen molar-refractivity contribution in [3.05, 3.63) is 77.3 Å². The second kappa shape index (κ2) is 13.4. The number of fused-ring (bicyclic) bond motifs is 3. The van der Waals surface area contributed by atoms with E-state index >= 15 is 4.39 Å². The van der Waals surface area contributed by atoms with E-state index in [0.717, 1.165) is 50.4 Å². The van der Waals surface area contributed by atoms with Gasteiger partial charge in [-0.2, -0.15) is 10.2 Å². The highest BCUT2D eigenvalue weighted by molar-refractivity contribution is 6.05. The van der Waals surface area contributed by atoms with Gasteiger partial charge in [0.15, 0.2) is 11.5 Å². The molecule has 1 amide bonds. The van der Waals surface area contributed by atoms with Gasteiger partial charge in [-0.15, -0.1) is 0 Å². The van der Waals surface area contributed by atoms with Crippen molar-refractivity contribution >= 4 is 29.0 Å². The molecule has 2 N–H and O–H groups in total. The Labute approximate surface area is 273 Å². The van der Waals surface area contributed by atoms with Gasteiger partial charge in [0, 0.05) is 50.5 Å². The number of aromatic nitrogens is 4. The quantitative estimate of drug-likeness (QED) is 0.256. The maximum atomic E-state index is 15.5. The Morgan fingerprint density at radius 2 is 1.96 bits per heavy atom. The average molecular weight is 639 g/mol. The third-order valence-electron chi connectivity index (χ3n) is 8.73. The Morgan fingerprint density at radius 3 is 2.66 bits per heavy atom. The molecule has 0 unspecified atom stereocenters.